The third kappa shape index (κ3) is 6.87. The molecule has 2 fully saturated rings. The lowest BCUT2D eigenvalue weighted by Gasteiger charge is -2.37. The van der Waals surface area contributed by atoms with Crippen LogP contribution in [0.5, 0.6) is 0 Å². The van der Waals surface area contributed by atoms with Crippen molar-refractivity contribution in [2.75, 3.05) is 50.7 Å². The van der Waals surface area contributed by atoms with Gasteiger partial charge in [0.1, 0.15) is 0 Å². The zero-order valence-corrected chi connectivity index (χ0v) is 21.9. The Hall–Kier alpha value is -2.88. The molecular formula is C30H40N4O2. The van der Waals surface area contributed by atoms with E-state index in [0.29, 0.717) is 18.1 Å². The lowest BCUT2D eigenvalue weighted by atomic mass is 10.0. The molecule has 2 aliphatic rings. The normalized spacial score (nSPS) is 18.1. The van der Waals surface area contributed by atoms with Crippen molar-refractivity contribution in [3.05, 3.63) is 65.2 Å². The lowest BCUT2D eigenvalue weighted by Crippen LogP contribution is -2.50. The molecule has 6 nitrogen and oxygen atoms in total. The van der Waals surface area contributed by atoms with Gasteiger partial charge in [-0.2, -0.15) is 5.26 Å². The summed E-state index contributed by atoms with van der Waals surface area (Å²) < 4.78 is 6.53. The van der Waals surface area contributed by atoms with Crippen LogP contribution in [-0.2, 0) is 16.1 Å². The minimum atomic E-state index is -0.0653. The maximum Gasteiger partial charge on any atom is 0.225 e. The van der Waals surface area contributed by atoms with Crippen LogP contribution < -0.4 is 4.90 Å². The molecule has 1 amide bonds. The number of nitrogens with zero attached hydrogens (tertiary/aromatic N) is 4. The molecule has 0 bridgehead atoms. The van der Waals surface area contributed by atoms with E-state index in [-0.39, 0.29) is 12.0 Å². The van der Waals surface area contributed by atoms with Crippen LogP contribution in [0.4, 0.5) is 5.69 Å². The van der Waals surface area contributed by atoms with Crippen molar-refractivity contribution < 1.29 is 9.53 Å². The molecular weight excluding hydrogens is 448 g/mol. The Labute approximate surface area is 216 Å². The van der Waals surface area contributed by atoms with E-state index in [0.717, 1.165) is 64.2 Å². The number of amides is 1. The standard InChI is InChI=1S/C30H40N4O2/c1-3-7-24(2)30(35)34-18-16-32(17-19-34)22-29(36-23-26-12-10-25(21-31)11-13-26)27-8-6-9-28(20-27)33-14-4-5-15-33/h6,8-13,20,24,29H,3-5,7,14-19,22-23H2,1-2H3/t24-,29-/m0/s1. The van der Waals surface area contributed by atoms with Gasteiger partial charge in [-0.3, -0.25) is 9.69 Å². The van der Waals surface area contributed by atoms with Gasteiger partial charge < -0.3 is 14.5 Å². The van der Waals surface area contributed by atoms with Gasteiger partial charge in [-0.1, -0.05) is 44.5 Å². The van der Waals surface area contributed by atoms with Crippen molar-refractivity contribution in [3.63, 3.8) is 0 Å². The van der Waals surface area contributed by atoms with Gasteiger partial charge in [0, 0.05) is 57.4 Å². The number of hydrogen-bond acceptors (Lipinski definition) is 5. The summed E-state index contributed by atoms with van der Waals surface area (Å²) in [5.74, 6) is 0.404. The van der Waals surface area contributed by atoms with Gasteiger partial charge >= 0.3 is 0 Å². The highest BCUT2D eigenvalue weighted by Gasteiger charge is 2.27. The number of carbonyl (C=O) groups excluding carboxylic acids is 1. The van der Waals surface area contributed by atoms with E-state index in [1.165, 1.54) is 24.1 Å². The SMILES string of the molecule is CCC[C@H](C)C(=O)N1CCN(C[C@H](OCc2ccc(C#N)cc2)c2cccc(N3CCCC3)c2)CC1. The molecule has 0 spiro atoms. The minimum Gasteiger partial charge on any atom is -0.372 e. The summed E-state index contributed by atoms with van der Waals surface area (Å²) in [5, 5.41) is 9.09. The zero-order chi connectivity index (χ0) is 25.3. The van der Waals surface area contributed by atoms with E-state index in [1.54, 1.807) is 0 Å². The van der Waals surface area contributed by atoms with E-state index >= 15 is 0 Å². The number of hydrogen-bond donors (Lipinski definition) is 0. The van der Waals surface area contributed by atoms with Gasteiger partial charge in [0.25, 0.3) is 0 Å². The van der Waals surface area contributed by atoms with E-state index < -0.39 is 0 Å². The van der Waals surface area contributed by atoms with Crippen LogP contribution in [0, 0.1) is 17.2 Å². The summed E-state index contributed by atoms with van der Waals surface area (Å²) in [5.41, 5.74) is 4.20. The first-order chi connectivity index (χ1) is 17.6. The molecule has 36 heavy (non-hydrogen) atoms. The third-order valence-electron chi connectivity index (χ3n) is 7.50. The summed E-state index contributed by atoms with van der Waals surface area (Å²) in [4.78, 5) is 19.7. The van der Waals surface area contributed by atoms with Gasteiger partial charge in [-0.25, -0.2) is 0 Å². The van der Waals surface area contributed by atoms with E-state index in [4.69, 9.17) is 10.00 Å². The molecule has 2 saturated heterocycles. The van der Waals surface area contributed by atoms with Crippen LogP contribution in [0.1, 0.15) is 62.3 Å². The summed E-state index contributed by atoms with van der Waals surface area (Å²) in [6.07, 6.45) is 4.44. The number of piperazine rings is 1. The highest BCUT2D eigenvalue weighted by atomic mass is 16.5. The monoisotopic (exact) mass is 488 g/mol. The first-order valence-corrected chi connectivity index (χ1v) is 13.5. The number of carbonyl (C=O) groups is 1. The summed E-state index contributed by atoms with van der Waals surface area (Å²) >= 11 is 0. The van der Waals surface area contributed by atoms with E-state index in [2.05, 4.69) is 54.0 Å². The Bertz CT molecular complexity index is 1020. The second-order valence-electron chi connectivity index (χ2n) is 10.2. The molecule has 2 atom stereocenters. The van der Waals surface area contributed by atoms with Crippen molar-refractivity contribution in [2.24, 2.45) is 5.92 Å². The Kier molecular flexibility index (Phi) is 9.38. The largest absolute Gasteiger partial charge is 0.372 e. The van der Waals surface area contributed by atoms with Crippen LogP contribution in [-0.4, -0.2) is 61.5 Å². The van der Waals surface area contributed by atoms with Crippen molar-refractivity contribution in [1.29, 1.82) is 5.26 Å². The van der Waals surface area contributed by atoms with Crippen LogP contribution in [0.25, 0.3) is 0 Å². The Morgan fingerprint density at radius 2 is 1.75 bits per heavy atom. The number of rotatable bonds is 10. The zero-order valence-electron chi connectivity index (χ0n) is 21.9. The van der Waals surface area contributed by atoms with Crippen LogP contribution in [0.2, 0.25) is 0 Å². The van der Waals surface area contributed by atoms with Crippen LogP contribution in [0.15, 0.2) is 48.5 Å². The molecule has 2 aromatic carbocycles. The topological polar surface area (TPSA) is 59.8 Å². The second kappa shape index (κ2) is 12.9. The third-order valence-corrected chi connectivity index (χ3v) is 7.50. The maximum absolute atomic E-state index is 12.8. The van der Waals surface area contributed by atoms with Crippen LogP contribution >= 0.6 is 0 Å². The summed E-state index contributed by atoms with van der Waals surface area (Å²) in [6, 6.07) is 18.6. The average molecular weight is 489 g/mol. The average Bonchev–Trinajstić information content (AvgIpc) is 3.47. The molecule has 6 heteroatoms. The molecule has 2 aliphatic heterocycles. The molecule has 0 saturated carbocycles. The fraction of sp³-hybridized carbons (Fsp3) is 0.533. The predicted molar refractivity (Wildman–Crippen MR) is 144 cm³/mol. The molecule has 2 heterocycles. The van der Waals surface area contributed by atoms with Gasteiger partial charge in [0.05, 0.1) is 24.3 Å². The lowest BCUT2D eigenvalue weighted by molar-refractivity contribution is -0.137. The van der Waals surface area contributed by atoms with Gasteiger partial charge in [0.15, 0.2) is 0 Å². The number of benzene rings is 2. The van der Waals surface area contributed by atoms with Crippen molar-refractivity contribution in [3.8, 4) is 6.07 Å². The number of ether oxygens (including phenoxy) is 1. The highest BCUT2D eigenvalue weighted by molar-refractivity contribution is 5.78. The summed E-state index contributed by atoms with van der Waals surface area (Å²) in [6.45, 7) is 11.0. The second-order valence-corrected chi connectivity index (χ2v) is 10.2. The number of anilines is 1. The van der Waals surface area contributed by atoms with Gasteiger partial charge in [-0.15, -0.1) is 0 Å². The molecule has 0 aliphatic carbocycles. The molecule has 0 N–H and O–H groups in total. The molecule has 2 aromatic rings. The van der Waals surface area contributed by atoms with Crippen molar-refractivity contribution in [2.45, 2.75) is 52.2 Å². The molecule has 4 rings (SSSR count). The molecule has 192 valence electrons. The minimum absolute atomic E-state index is 0.0653. The fourth-order valence-corrected chi connectivity index (χ4v) is 5.28. The maximum atomic E-state index is 12.8. The first-order valence-electron chi connectivity index (χ1n) is 13.5. The predicted octanol–water partition coefficient (Wildman–Crippen LogP) is 5.00. The van der Waals surface area contributed by atoms with Crippen molar-refractivity contribution >= 4 is 11.6 Å². The molecule has 0 unspecified atom stereocenters. The fourth-order valence-electron chi connectivity index (χ4n) is 5.28. The summed E-state index contributed by atoms with van der Waals surface area (Å²) in [7, 11) is 0. The number of nitriles is 1. The Morgan fingerprint density at radius 1 is 1.03 bits per heavy atom. The molecule has 0 aromatic heterocycles. The van der Waals surface area contributed by atoms with E-state index in [9.17, 15) is 4.79 Å². The molecule has 0 radical (unpaired) electrons. The smallest absolute Gasteiger partial charge is 0.225 e. The highest BCUT2D eigenvalue weighted by Crippen LogP contribution is 2.28. The van der Waals surface area contributed by atoms with E-state index in [1.807, 2.05) is 29.2 Å². The van der Waals surface area contributed by atoms with Crippen molar-refractivity contribution in [1.82, 2.24) is 9.80 Å². The van der Waals surface area contributed by atoms with Gasteiger partial charge in [0.2, 0.25) is 5.91 Å². The first kappa shape index (κ1) is 26.2. The quantitative estimate of drug-likeness (QED) is 0.471. The Morgan fingerprint density at radius 3 is 2.42 bits per heavy atom. The Balaban J connectivity index is 1.43. The van der Waals surface area contributed by atoms with Crippen LogP contribution in [0.3, 0.4) is 0 Å². The van der Waals surface area contributed by atoms with Gasteiger partial charge in [-0.05, 0) is 54.7 Å².